The zero-order valence-corrected chi connectivity index (χ0v) is 11.3. The third-order valence-electron chi connectivity index (χ3n) is 3.33. The van der Waals surface area contributed by atoms with Crippen molar-refractivity contribution < 1.29 is 17.9 Å². The summed E-state index contributed by atoms with van der Waals surface area (Å²) in [6.07, 6.45) is 3.13. The van der Waals surface area contributed by atoms with E-state index in [-0.39, 0.29) is 17.1 Å². The Labute approximate surface area is 103 Å². The number of carbonyl (C=O) groups is 1. The second-order valence-corrected chi connectivity index (χ2v) is 6.51. The molecule has 1 fully saturated rings. The zero-order chi connectivity index (χ0) is 13.1. The molecule has 0 radical (unpaired) electrons. The van der Waals surface area contributed by atoms with Crippen molar-refractivity contribution in [3.63, 3.8) is 0 Å². The van der Waals surface area contributed by atoms with Crippen molar-refractivity contribution >= 4 is 16.0 Å². The standard InChI is InChI=1S/C11H21NO4S/c1-3-5-11(6-4-2)7-10(13)16-9(11)8-17(12,14)15/h9H,3-8H2,1-2H3,(H2,12,14,15). The van der Waals surface area contributed by atoms with Crippen LogP contribution in [0.25, 0.3) is 0 Å². The molecule has 0 aromatic rings. The van der Waals surface area contributed by atoms with Crippen LogP contribution in [0.4, 0.5) is 0 Å². The normalized spacial score (nSPS) is 23.7. The minimum Gasteiger partial charge on any atom is -0.461 e. The molecule has 100 valence electrons. The maximum atomic E-state index is 11.4. The summed E-state index contributed by atoms with van der Waals surface area (Å²) < 4.78 is 27.5. The van der Waals surface area contributed by atoms with Crippen molar-refractivity contribution in [3.05, 3.63) is 0 Å². The second-order valence-electron chi connectivity index (χ2n) is 4.85. The van der Waals surface area contributed by atoms with Gasteiger partial charge in [-0.3, -0.25) is 4.79 Å². The lowest BCUT2D eigenvalue weighted by molar-refractivity contribution is -0.141. The summed E-state index contributed by atoms with van der Waals surface area (Å²) in [5.41, 5.74) is -0.340. The summed E-state index contributed by atoms with van der Waals surface area (Å²) in [5, 5.41) is 5.06. The van der Waals surface area contributed by atoms with Crippen LogP contribution in [0, 0.1) is 5.41 Å². The number of esters is 1. The number of cyclic esters (lactones) is 1. The fraction of sp³-hybridized carbons (Fsp3) is 0.909. The average Bonchev–Trinajstić information content (AvgIpc) is 2.41. The monoisotopic (exact) mass is 263 g/mol. The first-order chi connectivity index (χ1) is 7.83. The Morgan fingerprint density at radius 2 is 1.88 bits per heavy atom. The Bertz CT molecular complexity index is 371. The zero-order valence-electron chi connectivity index (χ0n) is 10.4. The van der Waals surface area contributed by atoms with Gasteiger partial charge >= 0.3 is 5.97 Å². The molecule has 0 aliphatic carbocycles. The molecule has 0 aromatic heterocycles. The van der Waals surface area contributed by atoms with Crippen molar-refractivity contribution in [1.29, 1.82) is 0 Å². The maximum Gasteiger partial charge on any atom is 0.306 e. The number of nitrogens with two attached hydrogens (primary N) is 1. The minimum absolute atomic E-state index is 0.265. The molecule has 1 rings (SSSR count). The lowest BCUT2D eigenvalue weighted by atomic mass is 9.74. The van der Waals surface area contributed by atoms with Gasteiger partial charge in [-0.25, -0.2) is 13.6 Å². The molecule has 1 saturated heterocycles. The third kappa shape index (κ3) is 3.67. The third-order valence-corrected chi connectivity index (χ3v) is 4.10. The predicted octanol–water partition coefficient (Wildman–Crippen LogP) is 1.18. The van der Waals surface area contributed by atoms with Gasteiger partial charge in [-0.2, -0.15) is 0 Å². The second kappa shape index (κ2) is 5.35. The van der Waals surface area contributed by atoms with E-state index in [1.54, 1.807) is 0 Å². The van der Waals surface area contributed by atoms with E-state index in [1.807, 2.05) is 13.8 Å². The van der Waals surface area contributed by atoms with Crippen LogP contribution < -0.4 is 5.14 Å². The van der Waals surface area contributed by atoms with Crippen LogP contribution in [-0.2, 0) is 19.6 Å². The molecule has 5 nitrogen and oxygen atoms in total. The van der Waals surface area contributed by atoms with E-state index in [0.717, 1.165) is 25.7 Å². The van der Waals surface area contributed by atoms with Crippen molar-refractivity contribution in [1.82, 2.24) is 0 Å². The van der Waals surface area contributed by atoms with Gasteiger partial charge in [0.05, 0.1) is 6.42 Å². The van der Waals surface area contributed by atoms with Crippen LogP contribution in [0.2, 0.25) is 0 Å². The van der Waals surface area contributed by atoms with Gasteiger partial charge in [0.25, 0.3) is 0 Å². The Morgan fingerprint density at radius 3 is 2.29 bits per heavy atom. The number of hydrogen-bond donors (Lipinski definition) is 1. The number of sulfonamides is 1. The van der Waals surface area contributed by atoms with E-state index in [1.165, 1.54) is 0 Å². The van der Waals surface area contributed by atoms with Gasteiger partial charge in [0.1, 0.15) is 11.9 Å². The Morgan fingerprint density at radius 1 is 1.35 bits per heavy atom. The fourth-order valence-electron chi connectivity index (χ4n) is 2.77. The Kier molecular flexibility index (Phi) is 4.55. The quantitative estimate of drug-likeness (QED) is 0.729. The highest BCUT2D eigenvalue weighted by atomic mass is 32.2. The lowest BCUT2D eigenvalue weighted by Crippen LogP contribution is -2.38. The first kappa shape index (κ1) is 14.4. The number of rotatable bonds is 6. The van der Waals surface area contributed by atoms with E-state index in [0.29, 0.717) is 6.42 Å². The average molecular weight is 263 g/mol. The molecule has 0 spiro atoms. The highest BCUT2D eigenvalue weighted by molar-refractivity contribution is 7.89. The Hall–Kier alpha value is -0.620. The molecule has 17 heavy (non-hydrogen) atoms. The first-order valence-electron chi connectivity index (χ1n) is 6.03. The summed E-state index contributed by atoms with van der Waals surface area (Å²) in [6.45, 7) is 4.04. The summed E-state index contributed by atoms with van der Waals surface area (Å²) in [5.74, 6) is -0.570. The molecule has 0 bridgehead atoms. The van der Waals surface area contributed by atoms with Gasteiger partial charge in [0.2, 0.25) is 10.0 Å². The molecule has 2 N–H and O–H groups in total. The van der Waals surface area contributed by atoms with Crippen LogP contribution in [0.1, 0.15) is 46.0 Å². The van der Waals surface area contributed by atoms with E-state index in [4.69, 9.17) is 9.88 Å². The van der Waals surface area contributed by atoms with Crippen molar-refractivity contribution in [2.75, 3.05) is 5.75 Å². The van der Waals surface area contributed by atoms with E-state index in [2.05, 4.69) is 0 Å². The van der Waals surface area contributed by atoms with Crippen LogP contribution in [0.3, 0.4) is 0 Å². The van der Waals surface area contributed by atoms with Crippen LogP contribution >= 0.6 is 0 Å². The topological polar surface area (TPSA) is 86.5 Å². The van der Waals surface area contributed by atoms with Crippen LogP contribution in [0.15, 0.2) is 0 Å². The predicted molar refractivity (Wildman–Crippen MR) is 64.7 cm³/mol. The molecule has 0 aromatic carbocycles. The largest absolute Gasteiger partial charge is 0.461 e. The van der Waals surface area contributed by atoms with E-state index >= 15 is 0 Å². The van der Waals surface area contributed by atoms with E-state index in [9.17, 15) is 13.2 Å². The number of ether oxygens (including phenoxy) is 1. The first-order valence-corrected chi connectivity index (χ1v) is 7.74. The minimum atomic E-state index is -3.62. The smallest absolute Gasteiger partial charge is 0.306 e. The molecular formula is C11H21NO4S. The summed E-state index contributed by atoms with van der Waals surface area (Å²) in [7, 11) is -3.62. The molecule has 1 unspecified atom stereocenters. The van der Waals surface area contributed by atoms with Gasteiger partial charge in [0, 0.05) is 5.41 Å². The molecule has 1 atom stereocenters. The highest BCUT2D eigenvalue weighted by Gasteiger charge is 2.48. The van der Waals surface area contributed by atoms with E-state index < -0.39 is 16.1 Å². The molecule has 1 heterocycles. The van der Waals surface area contributed by atoms with Crippen LogP contribution in [0.5, 0.6) is 0 Å². The molecule has 0 amide bonds. The molecular weight excluding hydrogens is 242 g/mol. The van der Waals surface area contributed by atoms with Crippen molar-refractivity contribution in [2.45, 2.75) is 52.1 Å². The highest BCUT2D eigenvalue weighted by Crippen LogP contribution is 2.44. The number of primary sulfonamides is 1. The van der Waals surface area contributed by atoms with Gasteiger partial charge in [-0.1, -0.05) is 26.7 Å². The van der Waals surface area contributed by atoms with Gasteiger partial charge < -0.3 is 4.74 Å². The number of carbonyl (C=O) groups excluding carboxylic acids is 1. The molecule has 1 aliphatic rings. The lowest BCUT2D eigenvalue weighted by Gasteiger charge is -2.31. The van der Waals surface area contributed by atoms with Crippen LogP contribution in [-0.4, -0.2) is 26.2 Å². The van der Waals surface area contributed by atoms with Crippen molar-refractivity contribution in [2.24, 2.45) is 10.6 Å². The van der Waals surface area contributed by atoms with Gasteiger partial charge in [-0.05, 0) is 12.8 Å². The van der Waals surface area contributed by atoms with Crippen molar-refractivity contribution in [3.8, 4) is 0 Å². The summed E-state index contributed by atoms with van der Waals surface area (Å²) in [6, 6.07) is 0. The SMILES string of the molecule is CCCC1(CCC)CC(=O)OC1CS(N)(=O)=O. The maximum absolute atomic E-state index is 11.4. The summed E-state index contributed by atoms with van der Waals surface area (Å²) >= 11 is 0. The molecule has 6 heteroatoms. The number of hydrogen-bond acceptors (Lipinski definition) is 4. The molecule has 1 aliphatic heterocycles. The Balaban J connectivity index is 2.93. The molecule has 0 saturated carbocycles. The summed E-state index contributed by atoms with van der Waals surface area (Å²) in [4.78, 5) is 11.4. The van der Waals surface area contributed by atoms with Gasteiger partial charge in [-0.15, -0.1) is 0 Å². The fourth-order valence-corrected chi connectivity index (χ4v) is 3.61. The van der Waals surface area contributed by atoms with Gasteiger partial charge in [0.15, 0.2) is 0 Å².